The molecule has 1 unspecified atom stereocenters. The fourth-order valence-electron chi connectivity index (χ4n) is 3.46. The zero-order valence-corrected chi connectivity index (χ0v) is 13.5. The first kappa shape index (κ1) is 14.3. The van der Waals surface area contributed by atoms with Crippen molar-refractivity contribution in [2.24, 2.45) is 0 Å². The van der Waals surface area contributed by atoms with Crippen molar-refractivity contribution < 1.29 is 0 Å². The Bertz CT molecular complexity index is 452. The van der Waals surface area contributed by atoms with E-state index in [1.54, 1.807) is 10.8 Å². The quantitative estimate of drug-likeness (QED) is 0.635. The molecule has 1 heteroatoms. The maximum absolute atomic E-state index is 2.57. The minimum atomic E-state index is -1.42. The Labute approximate surface area is 119 Å². The molecule has 0 heterocycles. The van der Waals surface area contributed by atoms with Crippen molar-refractivity contribution in [1.29, 1.82) is 0 Å². The molecule has 0 bridgehead atoms. The van der Waals surface area contributed by atoms with Gasteiger partial charge in [-0.2, -0.15) is 0 Å². The van der Waals surface area contributed by atoms with Crippen LogP contribution in [0.4, 0.5) is 0 Å². The zero-order valence-electron chi connectivity index (χ0n) is 12.5. The van der Waals surface area contributed by atoms with Crippen LogP contribution in [0.1, 0.15) is 33.6 Å². The van der Waals surface area contributed by atoms with Gasteiger partial charge in [0, 0.05) is 0 Å². The van der Waals surface area contributed by atoms with E-state index in [0.29, 0.717) is 5.54 Å². The summed E-state index contributed by atoms with van der Waals surface area (Å²) in [6.07, 6.45) is 9.91. The average molecular weight is 270 g/mol. The summed E-state index contributed by atoms with van der Waals surface area (Å²) < 4.78 is 0. The second kappa shape index (κ2) is 6.38. The van der Waals surface area contributed by atoms with E-state index in [0.717, 1.165) is 0 Å². The van der Waals surface area contributed by atoms with E-state index in [2.05, 4.69) is 69.3 Å². The molecular formula is C18H26Si. The van der Waals surface area contributed by atoms with E-state index in [9.17, 15) is 0 Å². The van der Waals surface area contributed by atoms with E-state index in [4.69, 9.17) is 0 Å². The predicted molar refractivity (Wildman–Crippen MR) is 88.7 cm³/mol. The Kier molecular flexibility index (Phi) is 4.81. The molecule has 0 nitrogen and oxygen atoms in total. The van der Waals surface area contributed by atoms with Crippen molar-refractivity contribution in [3.63, 3.8) is 0 Å². The summed E-state index contributed by atoms with van der Waals surface area (Å²) in [5.41, 5.74) is 2.26. The third kappa shape index (κ3) is 2.76. The maximum Gasteiger partial charge on any atom is 0.0966 e. The minimum absolute atomic E-state index is 0.700. The largest absolute Gasteiger partial charge is 0.0966 e. The summed E-state index contributed by atoms with van der Waals surface area (Å²) in [6.45, 7) is 7.05. The average Bonchev–Trinajstić information content (AvgIpc) is 2.92. The summed E-state index contributed by atoms with van der Waals surface area (Å²) in [5.74, 6) is 0. The van der Waals surface area contributed by atoms with Crippen LogP contribution >= 0.6 is 0 Å². The lowest BCUT2D eigenvalue weighted by Gasteiger charge is -2.34. The van der Waals surface area contributed by atoms with E-state index in [1.165, 1.54) is 24.9 Å². The molecule has 19 heavy (non-hydrogen) atoms. The summed E-state index contributed by atoms with van der Waals surface area (Å²) in [6, 6.07) is 13.9. The molecule has 1 atom stereocenters. The predicted octanol–water partition coefficient (Wildman–Crippen LogP) is 5.05. The molecule has 1 aliphatic carbocycles. The standard InChI is InChI=1S/C18H26Si/c1-4-10-16-13-14-18(15-16)19(5-2,6-3)17-11-8-7-9-12-17/h7-9,11-15,18H,4-6,10H2,1-3H3. The van der Waals surface area contributed by atoms with Crippen molar-refractivity contribution in [3.05, 3.63) is 54.1 Å². The number of hydrogen-bond acceptors (Lipinski definition) is 0. The summed E-state index contributed by atoms with van der Waals surface area (Å²) in [5, 5.41) is 1.63. The Morgan fingerprint density at radius 2 is 1.68 bits per heavy atom. The van der Waals surface area contributed by atoms with Crippen LogP contribution in [0.5, 0.6) is 0 Å². The van der Waals surface area contributed by atoms with E-state index in [-0.39, 0.29) is 0 Å². The molecule has 0 N–H and O–H groups in total. The van der Waals surface area contributed by atoms with Crippen LogP contribution in [0.2, 0.25) is 17.6 Å². The lowest BCUT2D eigenvalue weighted by Crippen LogP contribution is -2.49. The van der Waals surface area contributed by atoms with Crippen molar-refractivity contribution in [2.45, 2.75) is 51.2 Å². The number of hydrogen-bond donors (Lipinski definition) is 0. The van der Waals surface area contributed by atoms with Gasteiger partial charge in [0.2, 0.25) is 0 Å². The first-order valence-electron chi connectivity index (χ1n) is 7.71. The second-order valence-corrected chi connectivity index (χ2v) is 10.6. The third-order valence-corrected chi connectivity index (χ3v) is 10.3. The van der Waals surface area contributed by atoms with Crippen molar-refractivity contribution in [3.8, 4) is 0 Å². The van der Waals surface area contributed by atoms with Gasteiger partial charge in [-0.1, -0.05) is 98.6 Å². The molecule has 1 aromatic carbocycles. The molecular weight excluding hydrogens is 244 g/mol. The number of rotatable bonds is 6. The molecule has 1 aliphatic rings. The highest BCUT2D eigenvalue weighted by Crippen LogP contribution is 2.37. The Hall–Kier alpha value is -1.08. The van der Waals surface area contributed by atoms with Crippen LogP contribution in [-0.4, -0.2) is 8.07 Å². The molecule has 1 aromatic rings. The highest BCUT2D eigenvalue weighted by Gasteiger charge is 2.38. The SMILES string of the molecule is CCCC1=CC([Si](CC)(CC)c2ccccc2)C=C1. The van der Waals surface area contributed by atoms with Gasteiger partial charge in [0.05, 0.1) is 8.07 Å². The highest BCUT2D eigenvalue weighted by molar-refractivity contribution is 6.93. The third-order valence-electron chi connectivity index (χ3n) is 4.70. The van der Waals surface area contributed by atoms with Crippen LogP contribution in [0.15, 0.2) is 54.1 Å². The van der Waals surface area contributed by atoms with Crippen molar-refractivity contribution >= 4 is 13.3 Å². The summed E-state index contributed by atoms with van der Waals surface area (Å²) in [7, 11) is -1.42. The maximum atomic E-state index is 2.57. The zero-order chi connectivity index (χ0) is 13.7. The van der Waals surface area contributed by atoms with E-state index >= 15 is 0 Å². The van der Waals surface area contributed by atoms with E-state index in [1.807, 2.05) is 0 Å². The molecule has 2 rings (SSSR count). The van der Waals surface area contributed by atoms with Crippen LogP contribution in [0, 0.1) is 0 Å². The molecule has 0 saturated carbocycles. The fourth-order valence-corrected chi connectivity index (χ4v) is 7.96. The number of benzene rings is 1. The van der Waals surface area contributed by atoms with Crippen LogP contribution in [0.3, 0.4) is 0 Å². The highest BCUT2D eigenvalue weighted by atomic mass is 28.3. The van der Waals surface area contributed by atoms with Gasteiger partial charge >= 0.3 is 0 Å². The normalized spacial score (nSPS) is 18.7. The lowest BCUT2D eigenvalue weighted by molar-refractivity contribution is 0.926. The molecule has 0 saturated heterocycles. The van der Waals surface area contributed by atoms with Gasteiger partial charge in [0.1, 0.15) is 0 Å². The summed E-state index contributed by atoms with van der Waals surface area (Å²) >= 11 is 0. The first-order chi connectivity index (χ1) is 9.26. The van der Waals surface area contributed by atoms with Gasteiger partial charge in [-0.15, -0.1) is 0 Å². The Balaban J connectivity index is 2.34. The summed E-state index contributed by atoms with van der Waals surface area (Å²) in [4.78, 5) is 0. The molecule has 0 aliphatic heterocycles. The topological polar surface area (TPSA) is 0 Å². The Morgan fingerprint density at radius 1 is 1.00 bits per heavy atom. The fraction of sp³-hybridized carbons (Fsp3) is 0.444. The molecule has 0 amide bonds. The van der Waals surface area contributed by atoms with E-state index < -0.39 is 8.07 Å². The monoisotopic (exact) mass is 270 g/mol. The van der Waals surface area contributed by atoms with Gasteiger partial charge in [0.25, 0.3) is 0 Å². The van der Waals surface area contributed by atoms with Gasteiger partial charge in [-0.05, 0) is 12.0 Å². The minimum Gasteiger partial charge on any atom is -0.0797 e. The molecule has 102 valence electrons. The Morgan fingerprint density at radius 3 is 2.26 bits per heavy atom. The second-order valence-electron chi connectivity index (χ2n) is 5.61. The van der Waals surface area contributed by atoms with Gasteiger partial charge < -0.3 is 0 Å². The molecule has 0 radical (unpaired) electrons. The van der Waals surface area contributed by atoms with Crippen LogP contribution < -0.4 is 5.19 Å². The molecule has 0 aromatic heterocycles. The van der Waals surface area contributed by atoms with Gasteiger partial charge in [-0.25, -0.2) is 0 Å². The lowest BCUT2D eigenvalue weighted by atomic mass is 10.2. The molecule has 0 spiro atoms. The van der Waals surface area contributed by atoms with Crippen molar-refractivity contribution in [1.82, 2.24) is 0 Å². The van der Waals surface area contributed by atoms with Crippen LogP contribution in [-0.2, 0) is 0 Å². The number of allylic oxidation sites excluding steroid dienone is 4. The first-order valence-corrected chi connectivity index (χ1v) is 10.2. The van der Waals surface area contributed by atoms with Gasteiger partial charge in [-0.3, -0.25) is 0 Å². The van der Waals surface area contributed by atoms with Crippen molar-refractivity contribution in [2.75, 3.05) is 0 Å². The van der Waals surface area contributed by atoms with Gasteiger partial charge in [0.15, 0.2) is 0 Å². The smallest absolute Gasteiger partial charge is 0.0797 e. The van der Waals surface area contributed by atoms with Crippen LogP contribution in [0.25, 0.3) is 0 Å². The molecule has 0 fully saturated rings.